The van der Waals surface area contributed by atoms with Crippen molar-refractivity contribution in [1.82, 2.24) is 4.90 Å². The van der Waals surface area contributed by atoms with Crippen LogP contribution in [0.15, 0.2) is 45.8 Å². The molecule has 1 aliphatic heterocycles. The Morgan fingerprint density at radius 1 is 1.27 bits per heavy atom. The summed E-state index contributed by atoms with van der Waals surface area (Å²) in [4.78, 5) is 36.2. The van der Waals surface area contributed by atoms with Crippen molar-refractivity contribution in [3.05, 3.63) is 72.0 Å². The number of carbonyl (C=O) groups excluding carboxylic acids is 2. The van der Waals surface area contributed by atoms with Crippen LogP contribution in [0.4, 0.5) is 10.5 Å². The van der Waals surface area contributed by atoms with Gasteiger partial charge >= 0.3 is 0 Å². The van der Waals surface area contributed by atoms with Gasteiger partial charge < -0.3 is 4.74 Å². The zero-order valence-electron chi connectivity index (χ0n) is 15.8. The fourth-order valence-corrected chi connectivity index (χ4v) is 4.59. The molecule has 10 heteroatoms. The first-order valence-corrected chi connectivity index (χ1v) is 10.9. The van der Waals surface area contributed by atoms with E-state index in [1.807, 2.05) is 6.92 Å². The first-order valence-electron chi connectivity index (χ1n) is 8.90. The highest BCUT2D eigenvalue weighted by Crippen LogP contribution is 2.38. The molecule has 0 unspecified atom stereocenters. The Hall–Kier alpha value is -2.36. The lowest BCUT2D eigenvalue weighted by molar-refractivity contribution is -0.384. The maximum atomic E-state index is 12.4. The van der Waals surface area contributed by atoms with Crippen molar-refractivity contribution in [1.29, 1.82) is 0 Å². The number of imide groups is 1. The van der Waals surface area contributed by atoms with Crippen molar-refractivity contribution in [2.75, 3.05) is 6.54 Å². The number of carbonyl (C=O) groups is 2. The maximum Gasteiger partial charge on any atom is 0.293 e. The molecule has 0 saturated carbocycles. The second-order valence-corrected chi connectivity index (χ2v) is 8.61. The zero-order chi connectivity index (χ0) is 21.8. The van der Waals surface area contributed by atoms with Crippen LogP contribution < -0.4 is 4.74 Å². The lowest BCUT2D eigenvalue weighted by Gasteiger charge is -2.11. The Balaban J connectivity index is 1.75. The van der Waals surface area contributed by atoms with Gasteiger partial charge in [-0.3, -0.25) is 24.6 Å². The highest BCUT2D eigenvalue weighted by molar-refractivity contribution is 9.10. The van der Waals surface area contributed by atoms with Gasteiger partial charge in [-0.05, 0) is 75.6 Å². The maximum absolute atomic E-state index is 12.4. The fraction of sp³-hybridized carbons (Fsp3) is 0.200. The van der Waals surface area contributed by atoms with Gasteiger partial charge in [-0.2, -0.15) is 0 Å². The molecule has 1 saturated heterocycles. The van der Waals surface area contributed by atoms with Crippen molar-refractivity contribution in [3.8, 4) is 5.75 Å². The third-order valence-electron chi connectivity index (χ3n) is 4.17. The molecule has 2 aromatic rings. The molecule has 3 rings (SSSR count). The molecule has 7 nitrogen and oxygen atoms in total. The highest BCUT2D eigenvalue weighted by Gasteiger charge is 2.34. The van der Waals surface area contributed by atoms with E-state index in [0.29, 0.717) is 38.7 Å². The number of ether oxygens (including phenoxy) is 1. The first kappa shape index (κ1) is 22.3. The summed E-state index contributed by atoms with van der Waals surface area (Å²) >= 11 is 10.7. The number of benzene rings is 2. The Morgan fingerprint density at radius 3 is 2.57 bits per heavy atom. The first-order chi connectivity index (χ1) is 14.3. The van der Waals surface area contributed by atoms with E-state index in [9.17, 15) is 19.7 Å². The quantitative estimate of drug-likeness (QED) is 0.256. The van der Waals surface area contributed by atoms with Gasteiger partial charge in [-0.15, -0.1) is 0 Å². The highest BCUT2D eigenvalue weighted by atomic mass is 79.9. The summed E-state index contributed by atoms with van der Waals surface area (Å²) in [6.45, 7) is 2.46. The Morgan fingerprint density at radius 2 is 1.97 bits per heavy atom. The monoisotopic (exact) mass is 510 g/mol. The zero-order valence-corrected chi connectivity index (χ0v) is 18.9. The Kier molecular flexibility index (Phi) is 7.17. The normalized spacial score (nSPS) is 15.2. The fourth-order valence-electron chi connectivity index (χ4n) is 2.74. The number of hydrogen-bond acceptors (Lipinski definition) is 6. The smallest absolute Gasteiger partial charge is 0.293 e. The second kappa shape index (κ2) is 9.63. The van der Waals surface area contributed by atoms with E-state index in [1.165, 1.54) is 17.0 Å². The minimum atomic E-state index is -0.465. The van der Waals surface area contributed by atoms with Gasteiger partial charge in [0.05, 0.1) is 19.3 Å². The van der Waals surface area contributed by atoms with Crippen LogP contribution in [0, 0.1) is 10.1 Å². The molecular formula is C20H16BrClN2O5S. The molecule has 156 valence electrons. The number of non-ortho nitro benzene ring substituents is 1. The molecule has 0 bridgehead atoms. The van der Waals surface area contributed by atoms with Crippen LogP contribution >= 0.6 is 39.3 Å². The van der Waals surface area contributed by atoms with Crippen LogP contribution in [0.25, 0.3) is 6.08 Å². The van der Waals surface area contributed by atoms with E-state index >= 15 is 0 Å². The van der Waals surface area contributed by atoms with Crippen molar-refractivity contribution in [3.63, 3.8) is 0 Å². The van der Waals surface area contributed by atoms with E-state index < -0.39 is 4.92 Å². The van der Waals surface area contributed by atoms with Crippen LogP contribution in [0.3, 0.4) is 0 Å². The van der Waals surface area contributed by atoms with Gasteiger partial charge in [-0.1, -0.05) is 18.5 Å². The standard InChI is InChI=1S/C20H16BrClN2O5S/c1-2-7-23-19(25)17(30-20(23)26)10-13-8-15(21)18(16(22)9-13)29-11-12-3-5-14(6-4-12)24(27)28/h3-6,8-10H,2,7,11H2,1H3/b17-10+. The minimum absolute atomic E-state index is 0.00525. The van der Waals surface area contributed by atoms with E-state index in [2.05, 4.69) is 15.9 Å². The molecule has 0 atom stereocenters. The molecule has 0 N–H and O–H groups in total. The lowest BCUT2D eigenvalue weighted by atomic mass is 10.2. The summed E-state index contributed by atoms with van der Waals surface area (Å²) in [5.74, 6) is 0.101. The molecule has 0 radical (unpaired) electrons. The topological polar surface area (TPSA) is 89.8 Å². The molecule has 1 fully saturated rings. The Bertz CT molecular complexity index is 1020. The number of nitro groups is 1. The van der Waals surface area contributed by atoms with Gasteiger partial charge in [0.15, 0.2) is 5.75 Å². The summed E-state index contributed by atoms with van der Waals surface area (Å²) in [5, 5.41) is 10.8. The van der Waals surface area contributed by atoms with Crippen molar-refractivity contribution in [2.24, 2.45) is 0 Å². The third-order valence-corrected chi connectivity index (χ3v) is 5.95. The average Bonchev–Trinajstić information content (AvgIpc) is 2.95. The predicted molar refractivity (Wildman–Crippen MR) is 120 cm³/mol. The number of nitrogens with zero attached hydrogens (tertiary/aromatic N) is 2. The van der Waals surface area contributed by atoms with E-state index in [4.69, 9.17) is 16.3 Å². The van der Waals surface area contributed by atoms with Gasteiger partial charge in [0, 0.05) is 18.7 Å². The van der Waals surface area contributed by atoms with Crippen LogP contribution in [0.1, 0.15) is 24.5 Å². The summed E-state index contributed by atoms with van der Waals surface area (Å²) in [6, 6.07) is 9.42. The van der Waals surface area contributed by atoms with E-state index in [0.717, 1.165) is 17.3 Å². The van der Waals surface area contributed by atoms with Crippen molar-refractivity contribution < 1.29 is 19.2 Å². The molecule has 1 aliphatic rings. The molecule has 2 amide bonds. The lowest BCUT2D eigenvalue weighted by Crippen LogP contribution is -2.28. The van der Waals surface area contributed by atoms with Gasteiger partial charge in [0.25, 0.3) is 16.8 Å². The number of nitro benzene ring substituents is 1. The van der Waals surface area contributed by atoms with Crippen LogP contribution in [-0.2, 0) is 11.4 Å². The van der Waals surface area contributed by atoms with Gasteiger partial charge in [-0.25, -0.2) is 0 Å². The molecule has 1 heterocycles. The van der Waals surface area contributed by atoms with Gasteiger partial charge in [0.1, 0.15) is 6.61 Å². The Labute approximate surface area is 190 Å². The summed E-state index contributed by atoms with van der Waals surface area (Å²) < 4.78 is 6.34. The van der Waals surface area contributed by atoms with Crippen molar-refractivity contribution >= 4 is 62.2 Å². The van der Waals surface area contributed by atoms with Crippen molar-refractivity contribution in [2.45, 2.75) is 20.0 Å². The van der Waals surface area contributed by atoms with Gasteiger partial charge in [0.2, 0.25) is 0 Å². The summed E-state index contributed by atoms with van der Waals surface area (Å²) in [5.41, 5.74) is 1.40. The largest absolute Gasteiger partial charge is 0.486 e. The van der Waals surface area contributed by atoms with Crippen LogP contribution in [-0.4, -0.2) is 27.5 Å². The number of hydrogen-bond donors (Lipinski definition) is 0. The number of amides is 2. The molecule has 0 aromatic heterocycles. The predicted octanol–water partition coefficient (Wildman–Crippen LogP) is 6.04. The number of rotatable bonds is 7. The third kappa shape index (κ3) is 5.03. The summed E-state index contributed by atoms with van der Waals surface area (Å²) in [7, 11) is 0. The summed E-state index contributed by atoms with van der Waals surface area (Å²) in [6.07, 6.45) is 2.32. The second-order valence-electron chi connectivity index (χ2n) is 6.36. The molecule has 0 aliphatic carbocycles. The number of thioether (sulfide) groups is 1. The SMILES string of the molecule is CCCN1C(=O)S/C(=C/c2cc(Cl)c(OCc3ccc([N+](=O)[O-])cc3)c(Br)c2)C1=O. The molecular weight excluding hydrogens is 496 g/mol. The van der Waals surface area contributed by atoms with E-state index in [-0.39, 0.29) is 23.4 Å². The molecule has 0 spiro atoms. The molecule has 2 aromatic carbocycles. The average molecular weight is 512 g/mol. The minimum Gasteiger partial charge on any atom is -0.486 e. The molecule has 30 heavy (non-hydrogen) atoms. The van der Waals surface area contributed by atoms with E-state index in [1.54, 1.807) is 30.3 Å². The number of halogens is 2. The van der Waals surface area contributed by atoms with Crippen LogP contribution in [0.2, 0.25) is 5.02 Å². The van der Waals surface area contributed by atoms with Crippen LogP contribution in [0.5, 0.6) is 5.75 Å².